The average molecular weight is 250 g/mol. The second kappa shape index (κ2) is 6.30. The summed E-state index contributed by atoms with van der Waals surface area (Å²) in [6.45, 7) is 4.44. The Morgan fingerprint density at radius 1 is 1.39 bits per heavy atom. The van der Waals surface area contributed by atoms with Gasteiger partial charge in [-0.3, -0.25) is 4.90 Å². The van der Waals surface area contributed by atoms with Crippen molar-refractivity contribution in [3.8, 4) is 0 Å². The highest BCUT2D eigenvalue weighted by molar-refractivity contribution is 5.20. The first kappa shape index (κ1) is 13.5. The first-order chi connectivity index (χ1) is 8.74. The van der Waals surface area contributed by atoms with Gasteiger partial charge in [-0.1, -0.05) is 19.1 Å². The van der Waals surface area contributed by atoms with Crippen LogP contribution in [0.3, 0.4) is 0 Å². The van der Waals surface area contributed by atoms with Crippen LogP contribution >= 0.6 is 0 Å². The van der Waals surface area contributed by atoms with E-state index < -0.39 is 0 Å². The van der Waals surface area contributed by atoms with Crippen LogP contribution in [0.1, 0.15) is 37.8 Å². The first-order valence-corrected chi connectivity index (χ1v) is 6.91. The molecule has 2 rings (SSSR count). The van der Waals surface area contributed by atoms with E-state index in [1.807, 2.05) is 19.2 Å². The smallest absolute Gasteiger partial charge is 0.123 e. The molecule has 1 aliphatic heterocycles. The standard InChI is InChI=1S/C15H23FN2/c1-3-15(12-6-8-13(16)9-7-12)18-10-4-5-14(11-18)17-2/h6-9,14-15,17H,3-5,10-11H2,1-2H3. The molecule has 2 atom stereocenters. The van der Waals surface area contributed by atoms with E-state index in [-0.39, 0.29) is 5.82 Å². The quantitative estimate of drug-likeness (QED) is 0.884. The number of hydrogen-bond donors (Lipinski definition) is 1. The van der Waals surface area contributed by atoms with Crippen molar-refractivity contribution in [2.75, 3.05) is 20.1 Å². The van der Waals surface area contributed by atoms with E-state index in [1.54, 1.807) is 12.1 Å². The Labute approximate surface area is 109 Å². The van der Waals surface area contributed by atoms with Crippen molar-refractivity contribution in [3.05, 3.63) is 35.6 Å². The van der Waals surface area contributed by atoms with Gasteiger partial charge in [0.15, 0.2) is 0 Å². The van der Waals surface area contributed by atoms with E-state index in [9.17, 15) is 4.39 Å². The predicted octanol–water partition coefficient (Wildman–Crippen LogP) is 2.96. The van der Waals surface area contributed by atoms with Crippen LogP contribution in [0.2, 0.25) is 0 Å². The first-order valence-electron chi connectivity index (χ1n) is 6.91. The van der Waals surface area contributed by atoms with Crippen molar-refractivity contribution in [3.63, 3.8) is 0 Å². The molecule has 1 aromatic rings. The highest BCUT2D eigenvalue weighted by Crippen LogP contribution is 2.27. The summed E-state index contributed by atoms with van der Waals surface area (Å²) in [6, 6.07) is 7.99. The van der Waals surface area contributed by atoms with Gasteiger partial charge in [-0.05, 0) is 50.6 Å². The van der Waals surface area contributed by atoms with Crippen LogP contribution in [-0.2, 0) is 0 Å². The lowest BCUT2D eigenvalue weighted by Gasteiger charge is -2.38. The third-order valence-corrected chi connectivity index (χ3v) is 3.94. The summed E-state index contributed by atoms with van der Waals surface area (Å²) >= 11 is 0. The second-order valence-electron chi connectivity index (χ2n) is 5.10. The molecule has 0 aliphatic carbocycles. The fourth-order valence-corrected chi connectivity index (χ4v) is 2.91. The third kappa shape index (κ3) is 3.09. The summed E-state index contributed by atoms with van der Waals surface area (Å²) in [6.07, 6.45) is 3.57. The summed E-state index contributed by atoms with van der Waals surface area (Å²) in [7, 11) is 2.03. The monoisotopic (exact) mass is 250 g/mol. The summed E-state index contributed by atoms with van der Waals surface area (Å²) in [5.74, 6) is -0.152. The highest BCUT2D eigenvalue weighted by Gasteiger charge is 2.24. The van der Waals surface area contributed by atoms with Crippen LogP contribution in [0.15, 0.2) is 24.3 Å². The largest absolute Gasteiger partial charge is 0.316 e. The maximum absolute atomic E-state index is 13.0. The zero-order chi connectivity index (χ0) is 13.0. The zero-order valence-electron chi connectivity index (χ0n) is 11.3. The zero-order valence-corrected chi connectivity index (χ0v) is 11.3. The Morgan fingerprint density at radius 3 is 2.72 bits per heavy atom. The molecule has 0 spiro atoms. The van der Waals surface area contributed by atoms with Gasteiger partial charge in [0.2, 0.25) is 0 Å². The van der Waals surface area contributed by atoms with E-state index in [0.717, 1.165) is 19.5 Å². The van der Waals surface area contributed by atoms with Crippen LogP contribution < -0.4 is 5.32 Å². The molecule has 18 heavy (non-hydrogen) atoms. The van der Waals surface area contributed by atoms with E-state index in [1.165, 1.54) is 18.4 Å². The number of hydrogen-bond acceptors (Lipinski definition) is 2. The molecular formula is C15H23FN2. The molecule has 0 radical (unpaired) electrons. The average Bonchev–Trinajstić information content (AvgIpc) is 2.42. The van der Waals surface area contributed by atoms with E-state index in [2.05, 4.69) is 17.1 Å². The van der Waals surface area contributed by atoms with E-state index >= 15 is 0 Å². The molecule has 1 fully saturated rings. The molecular weight excluding hydrogens is 227 g/mol. The van der Waals surface area contributed by atoms with E-state index in [0.29, 0.717) is 12.1 Å². The van der Waals surface area contributed by atoms with Gasteiger partial charge in [-0.15, -0.1) is 0 Å². The summed E-state index contributed by atoms with van der Waals surface area (Å²) in [5, 5.41) is 3.37. The Hall–Kier alpha value is -0.930. The van der Waals surface area contributed by atoms with Gasteiger partial charge >= 0.3 is 0 Å². The number of benzene rings is 1. The molecule has 1 aliphatic rings. The molecule has 1 saturated heterocycles. The predicted molar refractivity (Wildman–Crippen MR) is 73.1 cm³/mol. The van der Waals surface area contributed by atoms with Crippen molar-refractivity contribution >= 4 is 0 Å². The van der Waals surface area contributed by atoms with Crippen LogP contribution in [0.4, 0.5) is 4.39 Å². The van der Waals surface area contributed by atoms with Gasteiger partial charge in [0, 0.05) is 18.6 Å². The Bertz CT molecular complexity index is 363. The number of piperidine rings is 1. The number of rotatable bonds is 4. The minimum atomic E-state index is -0.152. The molecule has 0 aromatic heterocycles. The van der Waals surface area contributed by atoms with E-state index in [4.69, 9.17) is 0 Å². The molecule has 0 saturated carbocycles. The molecule has 1 heterocycles. The number of nitrogens with zero attached hydrogens (tertiary/aromatic N) is 1. The molecule has 0 bridgehead atoms. The molecule has 0 amide bonds. The number of likely N-dealkylation sites (N-methyl/N-ethyl adjacent to an activating group) is 1. The van der Waals surface area contributed by atoms with Gasteiger partial charge in [-0.2, -0.15) is 0 Å². The lowest BCUT2D eigenvalue weighted by Crippen LogP contribution is -2.45. The van der Waals surface area contributed by atoms with Crippen molar-refractivity contribution in [1.82, 2.24) is 10.2 Å². The molecule has 1 N–H and O–H groups in total. The number of likely N-dealkylation sites (tertiary alicyclic amines) is 1. The Kier molecular flexibility index (Phi) is 4.72. The fraction of sp³-hybridized carbons (Fsp3) is 0.600. The van der Waals surface area contributed by atoms with Crippen molar-refractivity contribution in [2.45, 2.75) is 38.3 Å². The summed E-state index contributed by atoms with van der Waals surface area (Å²) < 4.78 is 13.0. The van der Waals surface area contributed by atoms with Crippen molar-refractivity contribution in [1.29, 1.82) is 0 Å². The second-order valence-corrected chi connectivity index (χ2v) is 5.10. The minimum Gasteiger partial charge on any atom is -0.316 e. The minimum absolute atomic E-state index is 0.152. The number of nitrogens with one attached hydrogen (secondary N) is 1. The Balaban J connectivity index is 2.10. The maximum Gasteiger partial charge on any atom is 0.123 e. The topological polar surface area (TPSA) is 15.3 Å². The lowest BCUT2D eigenvalue weighted by molar-refractivity contribution is 0.136. The molecule has 3 heteroatoms. The van der Waals surface area contributed by atoms with Crippen molar-refractivity contribution in [2.24, 2.45) is 0 Å². The number of halogens is 1. The molecule has 100 valence electrons. The van der Waals surface area contributed by atoms with Crippen LogP contribution in [0, 0.1) is 5.82 Å². The summed E-state index contributed by atoms with van der Waals surface area (Å²) in [5.41, 5.74) is 1.23. The van der Waals surface area contributed by atoms with Crippen molar-refractivity contribution < 1.29 is 4.39 Å². The van der Waals surface area contributed by atoms with Crippen LogP contribution in [-0.4, -0.2) is 31.1 Å². The van der Waals surface area contributed by atoms with Crippen LogP contribution in [0.5, 0.6) is 0 Å². The van der Waals surface area contributed by atoms with Gasteiger partial charge in [0.1, 0.15) is 5.82 Å². The fourth-order valence-electron chi connectivity index (χ4n) is 2.91. The normalized spacial score (nSPS) is 22.9. The molecule has 1 aromatic carbocycles. The van der Waals surface area contributed by atoms with Crippen LogP contribution in [0.25, 0.3) is 0 Å². The molecule has 2 unspecified atom stereocenters. The lowest BCUT2D eigenvalue weighted by atomic mass is 9.98. The Morgan fingerprint density at radius 2 is 2.11 bits per heavy atom. The highest BCUT2D eigenvalue weighted by atomic mass is 19.1. The van der Waals surface area contributed by atoms with Gasteiger partial charge in [0.05, 0.1) is 0 Å². The maximum atomic E-state index is 13.0. The van der Waals surface area contributed by atoms with Gasteiger partial charge in [-0.25, -0.2) is 4.39 Å². The van der Waals surface area contributed by atoms with Gasteiger partial charge in [0.25, 0.3) is 0 Å². The molecule has 2 nitrogen and oxygen atoms in total. The SMILES string of the molecule is CCC(c1ccc(F)cc1)N1CCCC(NC)C1. The van der Waals surface area contributed by atoms with Gasteiger partial charge < -0.3 is 5.32 Å². The summed E-state index contributed by atoms with van der Waals surface area (Å²) in [4.78, 5) is 2.53. The third-order valence-electron chi connectivity index (χ3n) is 3.94.